The molecule has 0 saturated heterocycles. The number of rotatable bonds is 4. The van der Waals surface area contributed by atoms with Crippen LogP contribution < -0.4 is 4.74 Å². The number of hydrogen-bond acceptors (Lipinski definition) is 3. The molecule has 0 spiro atoms. The van der Waals surface area contributed by atoms with Crippen LogP contribution >= 0.6 is 11.6 Å². The third kappa shape index (κ3) is 4.08. The fraction of sp³-hybridized carbons (Fsp3) is 0.292. The number of aromatic nitrogens is 1. The molecule has 30 heavy (non-hydrogen) atoms. The lowest BCUT2D eigenvalue weighted by Crippen LogP contribution is -2.24. The second-order valence-corrected chi connectivity index (χ2v) is 8.46. The molecule has 0 radical (unpaired) electrons. The fourth-order valence-electron chi connectivity index (χ4n) is 3.58. The van der Waals surface area contributed by atoms with Crippen LogP contribution in [-0.2, 0) is 4.74 Å². The summed E-state index contributed by atoms with van der Waals surface area (Å²) in [5, 5.41) is 0.231. The van der Waals surface area contributed by atoms with E-state index in [9.17, 15) is 9.18 Å². The van der Waals surface area contributed by atoms with Gasteiger partial charge in [-0.15, -0.1) is 0 Å². The maximum atomic E-state index is 14.9. The van der Waals surface area contributed by atoms with Crippen LogP contribution in [0, 0.1) is 19.7 Å². The van der Waals surface area contributed by atoms with Crippen molar-refractivity contribution in [1.82, 2.24) is 4.57 Å². The molecule has 0 atom stereocenters. The maximum absolute atomic E-state index is 14.9. The second kappa shape index (κ2) is 8.15. The monoisotopic (exact) mass is 429 g/mol. The van der Waals surface area contributed by atoms with E-state index >= 15 is 0 Å². The van der Waals surface area contributed by atoms with Gasteiger partial charge in [-0.1, -0.05) is 17.7 Å². The SMILES string of the molecule is COc1ccc(-n2c(C)c(C(=O)OC(C)(C)C)c(-c3c(F)cccc3Cl)c2C)cc1. The number of benzene rings is 2. The number of hydrogen-bond donors (Lipinski definition) is 0. The van der Waals surface area contributed by atoms with Gasteiger partial charge >= 0.3 is 5.97 Å². The average Bonchev–Trinajstić information content (AvgIpc) is 2.91. The Kier molecular flexibility index (Phi) is 5.95. The molecule has 0 aliphatic rings. The van der Waals surface area contributed by atoms with Gasteiger partial charge in [0.1, 0.15) is 17.2 Å². The van der Waals surface area contributed by atoms with E-state index in [1.807, 2.05) is 42.7 Å². The largest absolute Gasteiger partial charge is 0.497 e. The van der Waals surface area contributed by atoms with E-state index in [0.717, 1.165) is 5.69 Å². The highest BCUT2D eigenvalue weighted by molar-refractivity contribution is 6.33. The van der Waals surface area contributed by atoms with Gasteiger partial charge in [0.15, 0.2) is 0 Å². The van der Waals surface area contributed by atoms with Crippen molar-refractivity contribution in [2.45, 2.75) is 40.2 Å². The van der Waals surface area contributed by atoms with Gasteiger partial charge in [-0.05, 0) is 71.0 Å². The van der Waals surface area contributed by atoms with E-state index in [1.165, 1.54) is 12.1 Å². The maximum Gasteiger partial charge on any atom is 0.341 e. The van der Waals surface area contributed by atoms with Crippen LogP contribution in [0.15, 0.2) is 42.5 Å². The van der Waals surface area contributed by atoms with E-state index < -0.39 is 17.4 Å². The van der Waals surface area contributed by atoms with Gasteiger partial charge in [0.2, 0.25) is 0 Å². The summed E-state index contributed by atoms with van der Waals surface area (Å²) in [5.41, 5.74) is 2.36. The standard InChI is InChI=1S/C24H25ClFNO3/c1-14-20(22-18(25)8-7-9-19(22)26)21(23(28)30-24(3,4)5)15(2)27(14)16-10-12-17(29-6)13-11-16/h7-13H,1-6H3. The van der Waals surface area contributed by atoms with Crippen LogP contribution in [0.25, 0.3) is 16.8 Å². The van der Waals surface area contributed by atoms with Gasteiger partial charge in [0.05, 0.1) is 17.7 Å². The minimum Gasteiger partial charge on any atom is -0.497 e. The predicted molar refractivity (Wildman–Crippen MR) is 117 cm³/mol. The lowest BCUT2D eigenvalue weighted by Gasteiger charge is -2.20. The molecule has 0 saturated carbocycles. The topological polar surface area (TPSA) is 40.5 Å². The van der Waals surface area contributed by atoms with Gasteiger partial charge in [0, 0.05) is 28.2 Å². The van der Waals surface area contributed by atoms with Gasteiger partial charge < -0.3 is 14.0 Å². The highest BCUT2D eigenvalue weighted by Gasteiger charge is 2.30. The molecule has 1 heterocycles. The molecule has 2 aromatic carbocycles. The Labute approximate surface area is 181 Å². The summed E-state index contributed by atoms with van der Waals surface area (Å²) in [4.78, 5) is 13.2. The number of carbonyl (C=O) groups is 1. The van der Waals surface area contributed by atoms with E-state index in [2.05, 4.69) is 0 Å². The first kappa shape index (κ1) is 21.9. The Morgan fingerprint density at radius 2 is 1.63 bits per heavy atom. The van der Waals surface area contributed by atoms with Crippen LogP contribution in [0.4, 0.5) is 4.39 Å². The molecule has 0 bridgehead atoms. The smallest absolute Gasteiger partial charge is 0.341 e. The first-order valence-corrected chi connectivity index (χ1v) is 9.97. The zero-order chi connectivity index (χ0) is 22.2. The summed E-state index contributed by atoms with van der Waals surface area (Å²) in [6.07, 6.45) is 0. The molecule has 1 aromatic heterocycles. The number of ether oxygens (including phenoxy) is 2. The summed E-state index contributed by atoms with van der Waals surface area (Å²) in [5.74, 6) is -0.307. The Bertz CT molecular complexity index is 1070. The number of nitrogens with zero attached hydrogens (tertiary/aromatic N) is 1. The first-order chi connectivity index (χ1) is 14.0. The predicted octanol–water partition coefficient (Wildman–Crippen LogP) is 6.52. The van der Waals surface area contributed by atoms with Crippen LogP contribution in [0.3, 0.4) is 0 Å². The van der Waals surface area contributed by atoms with Gasteiger partial charge in [-0.3, -0.25) is 0 Å². The lowest BCUT2D eigenvalue weighted by molar-refractivity contribution is 0.00697. The van der Waals surface area contributed by atoms with E-state index in [-0.39, 0.29) is 10.6 Å². The molecule has 6 heteroatoms. The molecule has 0 aliphatic carbocycles. The highest BCUT2D eigenvalue weighted by Crippen LogP contribution is 2.40. The molecule has 3 aromatic rings. The molecule has 4 nitrogen and oxygen atoms in total. The van der Waals surface area contributed by atoms with E-state index in [0.29, 0.717) is 28.3 Å². The third-order valence-electron chi connectivity index (χ3n) is 4.79. The third-order valence-corrected chi connectivity index (χ3v) is 5.11. The van der Waals surface area contributed by atoms with Crippen molar-refractivity contribution in [3.8, 4) is 22.6 Å². The zero-order valence-corrected chi connectivity index (χ0v) is 18.7. The summed E-state index contributed by atoms with van der Waals surface area (Å²) in [6, 6.07) is 11.9. The molecule has 0 fully saturated rings. The Hall–Kier alpha value is -2.79. The molecule has 3 rings (SSSR count). The summed E-state index contributed by atoms with van der Waals surface area (Å²) in [6.45, 7) is 9.04. The lowest BCUT2D eigenvalue weighted by atomic mass is 9.99. The van der Waals surface area contributed by atoms with Crippen molar-refractivity contribution < 1.29 is 18.7 Å². The van der Waals surface area contributed by atoms with Gasteiger partial charge in [-0.2, -0.15) is 0 Å². The molecule has 0 aliphatic heterocycles. The highest BCUT2D eigenvalue weighted by atomic mass is 35.5. The number of carbonyl (C=O) groups excluding carboxylic acids is 1. The fourth-order valence-corrected chi connectivity index (χ4v) is 3.83. The van der Waals surface area contributed by atoms with E-state index in [4.69, 9.17) is 21.1 Å². The van der Waals surface area contributed by atoms with E-state index in [1.54, 1.807) is 33.9 Å². The number of methoxy groups -OCH3 is 1. The Morgan fingerprint density at radius 1 is 1.00 bits per heavy atom. The normalized spacial score (nSPS) is 11.5. The van der Waals surface area contributed by atoms with Crippen molar-refractivity contribution in [3.05, 3.63) is 70.3 Å². The summed E-state index contributed by atoms with van der Waals surface area (Å²) < 4.78 is 27.7. The molecule has 0 N–H and O–H groups in total. The van der Waals surface area contributed by atoms with Crippen LogP contribution in [0.5, 0.6) is 5.75 Å². The van der Waals surface area contributed by atoms with Crippen molar-refractivity contribution in [2.24, 2.45) is 0 Å². The van der Waals surface area contributed by atoms with Crippen molar-refractivity contribution >= 4 is 17.6 Å². The van der Waals surface area contributed by atoms with Crippen molar-refractivity contribution in [2.75, 3.05) is 7.11 Å². The molecule has 158 valence electrons. The second-order valence-electron chi connectivity index (χ2n) is 8.05. The van der Waals surface area contributed by atoms with Crippen molar-refractivity contribution in [3.63, 3.8) is 0 Å². The summed E-state index contributed by atoms with van der Waals surface area (Å²) in [7, 11) is 1.60. The molecule has 0 amide bonds. The van der Waals surface area contributed by atoms with Crippen LogP contribution in [0.1, 0.15) is 42.5 Å². The van der Waals surface area contributed by atoms with Gasteiger partial charge in [0.25, 0.3) is 0 Å². The minimum absolute atomic E-state index is 0.188. The van der Waals surface area contributed by atoms with Crippen LogP contribution in [-0.4, -0.2) is 23.2 Å². The summed E-state index contributed by atoms with van der Waals surface area (Å²) >= 11 is 6.38. The molecular formula is C24H25ClFNO3. The minimum atomic E-state index is -0.698. The zero-order valence-electron chi connectivity index (χ0n) is 18.0. The first-order valence-electron chi connectivity index (χ1n) is 9.59. The molecular weight excluding hydrogens is 405 g/mol. The average molecular weight is 430 g/mol. The van der Waals surface area contributed by atoms with Crippen molar-refractivity contribution in [1.29, 1.82) is 0 Å². The quantitative estimate of drug-likeness (QED) is 0.443. The Balaban J connectivity index is 2.32. The number of halogens is 2. The molecule has 0 unspecified atom stereocenters. The Morgan fingerprint density at radius 3 is 2.17 bits per heavy atom. The van der Waals surface area contributed by atoms with Crippen LogP contribution in [0.2, 0.25) is 5.02 Å². The van der Waals surface area contributed by atoms with Gasteiger partial charge in [-0.25, -0.2) is 9.18 Å². The number of esters is 1.